The molecule has 5 nitrogen and oxygen atoms in total. The first kappa shape index (κ1) is 12.3. The van der Waals surface area contributed by atoms with Crippen LogP contribution in [0, 0.1) is 0 Å². The number of carboxylic acids is 2. The van der Waals surface area contributed by atoms with E-state index in [4.69, 9.17) is 10.2 Å². The van der Waals surface area contributed by atoms with Crippen molar-refractivity contribution in [2.45, 2.75) is 6.92 Å². The summed E-state index contributed by atoms with van der Waals surface area (Å²) in [4.78, 5) is 18.8. The van der Waals surface area contributed by atoms with E-state index >= 15 is 0 Å². The van der Waals surface area contributed by atoms with Gasteiger partial charge in [-0.25, -0.2) is 4.79 Å². The van der Waals surface area contributed by atoms with E-state index in [-0.39, 0.29) is 12.1 Å². The van der Waals surface area contributed by atoms with Gasteiger partial charge in [-0.05, 0) is 6.92 Å². The maximum atomic E-state index is 9.60. The van der Waals surface area contributed by atoms with Crippen molar-refractivity contribution in [2.24, 2.45) is 5.73 Å². The fraction of sp³-hybridized carbons (Fsp3) is 0.333. The molecule has 11 heavy (non-hydrogen) atoms. The Balaban J connectivity index is 0. The molecule has 0 radical (unpaired) electrons. The molecule has 0 aromatic heterocycles. The first-order chi connectivity index (χ1) is 4.91. The predicted octanol–water partition coefficient (Wildman–Crippen LogP) is -0.323. The molecule has 0 aliphatic heterocycles. The van der Waals surface area contributed by atoms with Gasteiger partial charge in [-0.1, -0.05) is 6.58 Å². The van der Waals surface area contributed by atoms with Gasteiger partial charge in [0.2, 0.25) is 0 Å². The lowest BCUT2D eigenvalue weighted by Crippen LogP contribution is -2.10. The van der Waals surface area contributed by atoms with E-state index in [1.807, 2.05) is 0 Å². The number of rotatable bonds is 2. The van der Waals surface area contributed by atoms with Crippen LogP contribution in [0.25, 0.3) is 0 Å². The molecule has 0 spiro atoms. The Morgan fingerprint density at radius 1 is 1.45 bits per heavy atom. The summed E-state index contributed by atoms with van der Waals surface area (Å²) in [6.07, 6.45) is 0. The van der Waals surface area contributed by atoms with Crippen molar-refractivity contribution >= 4 is 11.9 Å². The fourth-order valence-electron chi connectivity index (χ4n) is 0. The Kier molecular flexibility index (Phi) is 7.57. The molecule has 0 aliphatic rings. The lowest BCUT2D eigenvalue weighted by Gasteiger charge is -1.79. The van der Waals surface area contributed by atoms with Gasteiger partial charge in [0.15, 0.2) is 0 Å². The topological polar surface area (TPSA) is 101 Å². The first-order valence-corrected chi connectivity index (χ1v) is 2.72. The molecule has 4 N–H and O–H groups in total. The van der Waals surface area contributed by atoms with Crippen LogP contribution < -0.4 is 5.73 Å². The Bertz CT molecular complexity index is 152. The molecule has 0 aromatic rings. The van der Waals surface area contributed by atoms with E-state index in [1.165, 1.54) is 6.92 Å². The standard InChI is InChI=1S/C4H6O2.C2H5NO2/c1-3(2)4(5)6;3-1-2(4)5/h1H2,2H3,(H,5,6);1,3H2,(H,4,5). The molecule has 0 aromatic carbocycles. The molecular weight excluding hydrogens is 150 g/mol. The lowest BCUT2D eigenvalue weighted by molar-refractivity contribution is -0.135. The second kappa shape index (κ2) is 6.76. The highest BCUT2D eigenvalue weighted by Gasteiger charge is 1.90. The van der Waals surface area contributed by atoms with E-state index in [0.29, 0.717) is 0 Å². The van der Waals surface area contributed by atoms with Gasteiger partial charge in [0.25, 0.3) is 0 Å². The second-order valence-corrected chi connectivity index (χ2v) is 1.68. The summed E-state index contributed by atoms with van der Waals surface area (Å²) in [5.41, 5.74) is 4.75. The highest BCUT2D eigenvalue weighted by Crippen LogP contribution is 1.81. The summed E-state index contributed by atoms with van der Waals surface area (Å²) in [7, 11) is 0. The van der Waals surface area contributed by atoms with E-state index in [0.717, 1.165) is 0 Å². The highest BCUT2D eigenvalue weighted by molar-refractivity contribution is 5.84. The van der Waals surface area contributed by atoms with E-state index < -0.39 is 11.9 Å². The van der Waals surface area contributed by atoms with Gasteiger partial charge >= 0.3 is 11.9 Å². The van der Waals surface area contributed by atoms with Crippen molar-refractivity contribution in [2.75, 3.05) is 6.54 Å². The molecule has 0 rings (SSSR count). The monoisotopic (exact) mass is 161 g/mol. The zero-order valence-corrected chi connectivity index (χ0v) is 6.20. The van der Waals surface area contributed by atoms with E-state index in [1.54, 1.807) is 0 Å². The maximum absolute atomic E-state index is 9.60. The molecule has 0 aliphatic carbocycles. The van der Waals surface area contributed by atoms with E-state index in [9.17, 15) is 9.59 Å². The molecule has 0 bridgehead atoms. The normalized spacial score (nSPS) is 7.45. The smallest absolute Gasteiger partial charge is 0.330 e. The number of nitrogens with two attached hydrogens (primary N) is 1. The molecule has 64 valence electrons. The first-order valence-electron chi connectivity index (χ1n) is 2.72. The molecule has 0 saturated heterocycles. The van der Waals surface area contributed by atoms with Crippen LogP contribution in [0.4, 0.5) is 0 Å². The summed E-state index contributed by atoms with van der Waals surface area (Å²) in [6, 6.07) is 0. The van der Waals surface area contributed by atoms with Crippen LogP contribution >= 0.6 is 0 Å². The van der Waals surface area contributed by atoms with Gasteiger partial charge in [-0.15, -0.1) is 0 Å². The highest BCUT2D eigenvalue weighted by atomic mass is 16.4. The second-order valence-electron chi connectivity index (χ2n) is 1.68. The minimum atomic E-state index is -0.968. The predicted molar refractivity (Wildman–Crippen MR) is 39.1 cm³/mol. The average molecular weight is 161 g/mol. The van der Waals surface area contributed by atoms with Gasteiger partial charge in [0.05, 0.1) is 6.54 Å². The summed E-state index contributed by atoms with van der Waals surface area (Å²) in [5, 5.41) is 15.5. The summed E-state index contributed by atoms with van der Waals surface area (Å²) < 4.78 is 0. The lowest BCUT2D eigenvalue weighted by atomic mass is 10.4. The summed E-state index contributed by atoms with van der Waals surface area (Å²) in [5.74, 6) is -1.90. The van der Waals surface area contributed by atoms with Crippen molar-refractivity contribution in [3.8, 4) is 0 Å². The van der Waals surface area contributed by atoms with E-state index in [2.05, 4.69) is 12.3 Å². The van der Waals surface area contributed by atoms with Crippen molar-refractivity contribution in [3.05, 3.63) is 12.2 Å². The fourth-order valence-corrected chi connectivity index (χ4v) is 0. The van der Waals surface area contributed by atoms with Crippen LogP contribution in [0.15, 0.2) is 12.2 Å². The number of carbonyl (C=O) groups is 2. The van der Waals surface area contributed by atoms with Gasteiger partial charge < -0.3 is 15.9 Å². The summed E-state index contributed by atoms with van der Waals surface area (Å²) >= 11 is 0. The van der Waals surface area contributed by atoms with Gasteiger partial charge in [-0.3, -0.25) is 4.79 Å². The third-order valence-electron chi connectivity index (χ3n) is 0.540. The van der Waals surface area contributed by atoms with Crippen LogP contribution in [-0.4, -0.2) is 28.7 Å². The minimum Gasteiger partial charge on any atom is -0.480 e. The zero-order valence-electron chi connectivity index (χ0n) is 6.20. The number of aliphatic carboxylic acids is 2. The van der Waals surface area contributed by atoms with Crippen LogP contribution in [0.2, 0.25) is 0 Å². The van der Waals surface area contributed by atoms with Gasteiger partial charge in [-0.2, -0.15) is 0 Å². The molecule has 0 unspecified atom stereocenters. The molecule has 5 heteroatoms. The molecular formula is C6H11NO4. The van der Waals surface area contributed by atoms with Gasteiger partial charge in [0.1, 0.15) is 0 Å². The molecule has 0 heterocycles. The van der Waals surface area contributed by atoms with Crippen molar-refractivity contribution in [1.29, 1.82) is 0 Å². The van der Waals surface area contributed by atoms with Crippen LogP contribution in [-0.2, 0) is 9.59 Å². The quantitative estimate of drug-likeness (QED) is 0.482. The Hall–Kier alpha value is -1.36. The Morgan fingerprint density at radius 2 is 1.64 bits per heavy atom. The van der Waals surface area contributed by atoms with Crippen LogP contribution in [0.3, 0.4) is 0 Å². The number of hydrogen-bond donors (Lipinski definition) is 3. The third-order valence-corrected chi connectivity index (χ3v) is 0.540. The Labute approximate surface area is 64.1 Å². The molecule has 0 atom stereocenters. The number of carboxylic acid groups (broad SMARTS) is 2. The average Bonchev–Trinajstić information content (AvgIpc) is 1.89. The maximum Gasteiger partial charge on any atom is 0.330 e. The largest absolute Gasteiger partial charge is 0.480 e. The van der Waals surface area contributed by atoms with Crippen molar-refractivity contribution in [1.82, 2.24) is 0 Å². The number of hydrogen-bond acceptors (Lipinski definition) is 3. The molecule has 0 amide bonds. The Morgan fingerprint density at radius 3 is 1.64 bits per heavy atom. The van der Waals surface area contributed by atoms with Crippen LogP contribution in [0.5, 0.6) is 0 Å². The van der Waals surface area contributed by atoms with Crippen molar-refractivity contribution < 1.29 is 19.8 Å². The van der Waals surface area contributed by atoms with Gasteiger partial charge in [0, 0.05) is 5.57 Å². The SMILES string of the molecule is C=C(C)C(=O)O.NCC(=O)O. The third kappa shape index (κ3) is 17.7. The zero-order chi connectivity index (χ0) is 9.44. The summed E-state index contributed by atoms with van der Waals surface area (Å²) in [6.45, 7) is 4.32. The van der Waals surface area contributed by atoms with Crippen molar-refractivity contribution in [3.63, 3.8) is 0 Å². The molecule has 0 fully saturated rings. The van der Waals surface area contributed by atoms with Crippen LogP contribution in [0.1, 0.15) is 6.92 Å². The molecule has 0 saturated carbocycles. The minimum absolute atomic E-state index is 0.176.